The number of carbonyl (C=O) groups excluding carboxylic acids is 2. The van der Waals surface area contributed by atoms with Crippen molar-refractivity contribution < 1.29 is 19.1 Å². The van der Waals surface area contributed by atoms with E-state index in [1.54, 1.807) is 24.3 Å². The van der Waals surface area contributed by atoms with Gasteiger partial charge < -0.3 is 9.47 Å². The number of carbonyl (C=O) groups is 2. The van der Waals surface area contributed by atoms with Crippen molar-refractivity contribution in [2.24, 2.45) is 0 Å². The first-order valence-electron chi connectivity index (χ1n) is 10.8. The van der Waals surface area contributed by atoms with E-state index < -0.39 is 11.9 Å². The Labute approximate surface area is 193 Å². The van der Waals surface area contributed by atoms with Crippen molar-refractivity contribution >= 4 is 11.8 Å². The second kappa shape index (κ2) is 10.9. The van der Waals surface area contributed by atoms with Crippen LogP contribution in [0.2, 0.25) is 0 Å². The van der Waals surface area contributed by atoms with Crippen LogP contribution >= 0.6 is 0 Å². The topological polar surface area (TPSA) is 52.6 Å². The maximum Gasteiger partial charge on any atom is 0.318 e. The number of Topliss-reactive ketones (excluding diaryl/α,β-unsaturated/α-hetero) is 1. The summed E-state index contributed by atoms with van der Waals surface area (Å²) in [4.78, 5) is 25.6. The van der Waals surface area contributed by atoms with Gasteiger partial charge in [0.25, 0.3) is 0 Å². The average molecular weight is 437 g/mol. The molecule has 0 fully saturated rings. The van der Waals surface area contributed by atoms with Gasteiger partial charge >= 0.3 is 5.97 Å². The molecule has 0 N–H and O–H groups in total. The molecule has 0 spiro atoms. The molecule has 0 radical (unpaired) electrons. The molecule has 0 saturated heterocycles. The van der Waals surface area contributed by atoms with Gasteiger partial charge in [0.1, 0.15) is 18.3 Å². The molecular weight excluding hydrogens is 412 g/mol. The van der Waals surface area contributed by atoms with Crippen LogP contribution in [-0.4, -0.2) is 18.4 Å². The molecule has 33 heavy (non-hydrogen) atoms. The van der Waals surface area contributed by atoms with Crippen LogP contribution in [0.1, 0.15) is 33.0 Å². The zero-order valence-corrected chi connectivity index (χ0v) is 18.1. The second-order valence-corrected chi connectivity index (χ2v) is 7.58. The number of benzene rings is 4. The Morgan fingerprint density at radius 1 is 0.636 bits per heavy atom. The standard InChI is InChI=1S/C29H24O4/c30-27(23-16-18-26(19-17-23)32-20-22-10-4-1-5-11-22)21-33-29(31)28(24-12-6-2-7-13-24)25-14-8-3-9-15-25/h1-19,28H,20-21H2. The van der Waals surface area contributed by atoms with Crippen LogP contribution in [0, 0.1) is 0 Å². The quantitative estimate of drug-likeness (QED) is 0.245. The van der Waals surface area contributed by atoms with E-state index in [1.165, 1.54) is 0 Å². The number of rotatable bonds is 9. The molecule has 0 aliphatic rings. The molecule has 4 aromatic carbocycles. The van der Waals surface area contributed by atoms with Crippen LogP contribution in [0.15, 0.2) is 115 Å². The number of ether oxygens (including phenoxy) is 2. The summed E-state index contributed by atoms with van der Waals surface area (Å²) in [5.41, 5.74) is 3.17. The van der Waals surface area contributed by atoms with E-state index in [9.17, 15) is 9.59 Å². The molecule has 0 amide bonds. The van der Waals surface area contributed by atoms with Crippen LogP contribution in [0.25, 0.3) is 0 Å². The summed E-state index contributed by atoms with van der Waals surface area (Å²) < 4.78 is 11.2. The van der Waals surface area contributed by atoms with Gasteiger partial charge in [-0.2, -0.15) is 0 Å². The van der Waals surface area contributed by atoms with Crippen molar-refractivity contribution in [1.29, 1.82) is 0 Å². The Hall–Kier alpha value is -4.18. The van der Waals surface area contributed by atoms with Crippen molar-refractivity contribution in [2.75, 3.05) is 6.61 Å². The number of hydrogen-bond acceptors (Lipinski definition) is 4. The van der Waals surface area contributed by atoms with E-state index in [1.807, 2.05) is 91.0 Å². The summed E-state index contributed by atoms with van der Waals surface area (Å²) in [6.07, 6.45) is 0. The first-order chi connectivity index (χ1) is 16.2. The average Bonchev–Trinajstić information content (AvgIpc) is 2.88. The van der Waals surface area contributed by atoms with Crippen LogP contribution in [0.5, 0.6) is 5.75 Å². The van der Waals surface area contributed by atoms with Crippen LogP contribution in [0.3, 0.4) is 0 Å². The Morgan fingerprint density at radius 3 is 1.70 bits per heavy atom. The summed E-state index contributed by atoms with van der Waals surface area (Å²) in [7, 11) is 0. The summed E-state index contributed by atoms with van der Waals surface area (Å²) in [6, 6.07) is 35.6. The van der Waals surface area contributed by atoms with Gasteiger partial charge in [-0.05, 0) is 41.0 Å². The predicted octanol–water partition coefficient (Wildman–Crippen LogP) is 5.82. The van der Waals surface area contributed by atoms with E-state index in [2.05, 4.69) is 0 Å². The van der Waals surface area contributed by atoms with Gasteiger partial charge in [0, 0.05) is 5.56 Å². The van der Waals surface area contributed by atoms with Crippen molar-refractivity contribution in [3.8, 4) is 5.75 Å². The number of ketones is 1. The van der Waals surface area contributed by atoms with E-state index in [4.69, 9.17) is 9.47 Å². The highest BCUT2D eigenvalue weighted by Gasteiger charge is 2.25. The lowest BCUT2D eigenvalue weighted by Gasteiger charge is -2.17. The first-order valence-corrected chi connectivity index (χ1v) is 10.8. The van der Waals surface area contributed by atoms with E-state index >= 15 is 0 Å². The molecule has 4 heteroatoms. The molecule has 0 aliphatic carbocycles. The van der Waals surface area contributed by atoms with Crippen molar-refractivity contribution in [3.63, 3.8) is 0 Å². The number of hydrogen-bond donors (Lipinski definition) is 0. The maximum atomic E-state index is 13.0. The molecule has 4 aromatic rings. The molecule has 164 valence electrons. The van der Waals surface area contributed by atoms with Gasteiger partial charge in [-0.25, -0.2) is 0 Å². The fraction of sp³-hybridized carbons (Fsp3) is 0.103. The monoisotopic (exact) mass is 436 g/mol. The Balaban J connectivity index is 1.37. The predicted molar refractivity (Wildman–Crippen MR) is 127 cm³/mol. The van der Waals surface area contributed by atoms with Crippen molar-refractivity contribution in [2.45, 2.75) is 12.5 Å². The van der Waals surface area contributed by atoms with Gasteiger partial charge in [-0.3, -0.25) is 9.59 Å². The highest BCUT2D eigenvalue weighted by atomic mass is 16.5. The highest BCUT2D eigenvalue weighted by Crippen LogP contribution is 2.26. The number of esters is 1. The maximum absolute atomic E-state index is 13.0. The minimum Gasteiger partial charge on any atom is -0.489 e. The normalized spacial score (nSPS) is 10.6. The molecule has 0 bridgehead atoms. The summed E-state index contributed by atoms with van der Waals surface area (Å²) >= 11 is 0. The molecule has 0 aromatic heterocycles. The lowest BCUT2D eigenvalue weighted by Crippen LogP contribution is -2.21. The van der Waals surface area contributed by atoms with Gasteiger partial charge in [-0.1, -0.05) is 91.0 Å². The lowest BCUT2D eigenvalue weighted by atomic mass is 9.91. The van der Waals surface area contributed by atoms with Crippen molar-refractivity contribution in [1.82, 2.24) is 0 Å². The third-order valence-corrected chi connectivity index (χ3v) is 5.27. The van der Waals surface area contributed by atoms with Crippen LogP contribution in [-0.2, 0) is 16.1 Å². The van der Waals surface area contributed by atoms with E-state index in [0.717, 1.165) is 16.7 Å². The van der Waals surface area contributed by atoms with Gasteiger partial charge in [0.15, 0.2) is 12.4 Å². The zero-order valence-electron chi connectivity index (χ0n) is 18.1. The van der Waals surface area contributed by atoms with Crippen LogP contribution in [0.4, 0.5) is 0 Å². The SMILES string of the molecule is O=C(COC(=O)C(c1ccccc1)c1ccccc1)c1ccc(OCc2ccccc2)cc1. The van der Waals surface area contributed by atoms with Crippen molar-refractivity contribution in [3.05, 3.63) is 138 Å². The summed E-state index contributed by atoms with van der Waals surface area (Å²) in [5, 5.41) is 0. The molecule has 0 unspecified atom stereocenters. The van der Waals surface area contributed by atoms with E-state index in [0.29, 0.717) is 17.9 Å². The molecule has 4 rings (SSSR count). The zero-order chi connectivity index (χ0) is 22.9. The molecule has 0 atom stereocenters. The lowest BCUT2D eigenvalue weighted by molar-refractivity contribution is -0.143. The third-order valence-electron chi connectivity index (χ3n) is 5.27. The first kappa shape index (κ1) is 22.0. The Kier molecular flexibility index (Phi) is 7.29. The van der Waals surface area contributed by atoms with Gasteiger partial charge in [-0.15, -0.1) is 0 Å². The Bertz CT molecular complexity index is 1130. The Morgan fingerprint density at radius 2 is 1.15 bits per heavy atom. The van der Waals surface area contributed by atoms with Gasteiger partial charge in [0.05, 0.1) is 0 Å². The van der Waals surface area contributed by atoms with E-state index in [-0.39, 0.29) is 12.4 Å². The highest BCUT2D eigenvalue weighted by molar-refractivity contribution is 5.98. The van der Waals surface area contributed by atoms with Gasteiger partial charge in [0.2, 0.25) is 0 Å². The molecule has 4 nitrogen and oxygen atoms in total. The largest absolute Gasteiger partial charge is 0.489 e. The fourth-order valence-electron chi connectivity index (χ4n) is 3.54. The third kappa shape index (κ3) is 5.95. The molecule has 0 heterocycles. The second-order valence-electron chi connectivity index (χ2n) is 7.58. The summed E-state index contributed by atoms with van der Waals surface area (Å²) in [5.74, 6) is -0.643. The fourth-order valence-corrected chi connectivity index (χ4v) is 3.54. The molecule has 0 aliphatic heterocycles. The minimum atomic E-state index is -0.589. The minimum absolute atomic E-state index is 0.266. The summed E-state index contributed by atoms with van der Waals surface area (Å²) in [6.45, 7) is 0.130. The molecular formula is C29H24O4. The smallest absolute Gasteiger partial charge is 0.318 e. The van der Waals surface area contributed by atoms with Crippen LogP contribution < -0.4 is 4.74 Å². The molecule has 0 saturated carbocycles.